The molecule has 0 aromatic rings. The van der Waals surface area contributed by atoms with Crippen LogP contribution in [0.4, 0.5) is 0 Å². The normalized spacial score (nSPS) is 27.8. The Hall–Kier alpha value is -0.650. The van der Waals surface area contributed by atoms with E-state index in [0.29, 0.717) is 31.5 Å². The summed E-state index contributed by atoms with van der Waals surface area (Å²) in [5, 5.41) is 0. The summed E-state index contributed by atoms with van der Waals surface area (Å²) in [4.78, 5) is 14.2. The number of esters is 1. The average Bonchev–Trinajstić information content (AvgIpc) is 2.38. The predicted molar refractivity (Wildman–Crippen MR) is 74.9 cm³/mol. The first kappa shape index (κ1) is 16.4. The molecule has 0 saturated heterocycles. The van der Waals surface area contributed by atoms with E-state index >= 15 is 0 Å². The second kappa shape index (κ2) is 7.22. The molecule has 0 heterocycles. The summed E-state index contributed by atoms with van der Waals surface area (Å²) in [6, 6.07) is 0.744. The van der Waals surface area contributed by atoms with Gasteiger partial charge in [0.05, 0.1) is 13.7 Å². The van der Waals surface area contributed by atoms with Gasteiger partial charge >= 0.3 is 5.97 Å². The Balaban J connectivity index is 2.73. The van der Waals surface area contributed by atoms with Gasteiger partial charge in [-0.15, -0.1) is 0 Å². The van der Waals surface area contributed by atoms with Gasteiger partial charge in [0.15, 0.2) is 0 Å². The lowest BCUT2D eigenvalue weighted by atomic mass is 9.79. The molecule has 2 unspecified atom stereocenters. The first-order chi connectivity index (χ1) is 8.94. The third kappa shape index (κ3) is 4.16. The molecule has 1 fully saturated rings. The molecule has 1 saturated carbocycles. The molecule has 0 aliphatic heterocycles. The molecule has 19 heavy (non-hydrogen) atoms. The predicted octanol–water partition coefficient (Wildman–Crippen LogP) is 1.16. The zero-order valence-corrected chi connectivity index (χ0v) is 12.6. The number of ether oxygens (including phenoxy) is 2. The van der Waals surface area contributed by atoms with Crippen LogP contribution in [-0.4, -0.2) is 55.9 Å². The molecule has 2 atom stereocenters. The Labute approximate surface area is 116 Å². The van der Waals surface area contributed by atoms with Gasteiger partial charge in [0, 0.05) is 25.7 Å². The van der Waals surface area contributed by atoms with E-state index in [9.17, 15) is 4.79 Å². The molecular weight excluding hydrogens is 244 g/mol. The first-order valence-corrected chi connectivity index (χ1v) is 7.06. The highest BCUT2D eigenvalue weighted by Gasteiger charge is 2.42. The Morgan fingerprint density at radius 2 is 2.16 bits per heavy atom. The SMILES string of the molecule is COCCN(C(C)C)C1CCCC(N)(C(=O)OC)C1. The fourth-order valence-corrected chi connectivity index (χ4v) is 3.01. The molecule has 112 valence electrons. The molecule has 0 bridgehead atoms. The van der Waals surface area contributed by atoms with E-state index in [-0.39, 0.29) is 5.97 Å². The summed E-state index contributed by atoms with van der Waals surface area (Å²) < 4.78 is 10.0. The van der Waals surface area contributed by atoms with Crippen LogP contribution in [-0.2, 0) is 14.3 Å². The number of carbonyl (C=O) groups is 1. The van der Waals surface area contributed by atoms with Crippen LogP contribution in [0.2, 0.25) is 0 Å². The summed E-state index contributed by atoms with van der Waals surface area (Å²) in [6.07, 6.45) is 3.43. The molecule has 0 aromatic carbocycles. The minimum Gasteiger partial charge on any atom is -0.468 e. The minimum atomic E-state index is -0.822. The number of rotatable bonds is 6. The van der Waals surface area contributed by atoms with E-state index in [4.69, 9.17) is 15.2 Å². The molecule has 0 spiro atoms. The Kier molecular flexibility index (Phi) is 6.23. The van der Waals surface area contributed by atoms with Gasteiger partial charge in [-0.2, -0.15) is 0 Å². The van der Waals surface area contributed by atoms with Crippen LogP contribution in [0.25, 0.3) is 0 Å². The number of hydrogen-bond donors (Lipinski definition) is 1. The minimum absolute atomic E-state index is 0.285. The molecule has 5 heteroatoms. The third-order valence-electron chi connectivity index (χ3n) is 4.04. The lowest BCUT2D eigenvalue weighted by Gasteiger charge is -2.42. The van der Waals surface area contributed by atoms with Crippen molar-refractivity contribution in [1.29, 1.82) is 0 Å². The monoisotopic (exact) mass is 272 g/mol. The molecular formula is C14H28N2O3. The van der Waals surface area contributed by atoms with E-state index in [2.05, 4.69) is 18.7 Å². The maximum Gasteiger partial charge on any atom is 0.325 e. The standard InChI is InChI=1S/C14H28N2O3/c1-11(2)16(8-9-18-3)12-6-5-7-14(15,10-12)13(17)19-4/h11-12H,5-10,15H2,1-4H3. The number of methoxy groups -OCH3 is 2. The average molecular weight is 272 g/mol. The van der Waals surface area contributed by atoms with Crippen molar-refractivity contribution in [3.05, 3.63) is 0 Å². The molecule has 0 amide bonds. The van der Waals surface area contributed by atoms with Gasteiger partial charge in [0.2, 0.25) is 0 Å². The van der Waals surface area contributed by atoms with Crippen molar-refractivity contribution in [2.24, 2.45) is 5.73 Å². The molecule has 1 rings (SSSR count). The Bertz CT molecular complexity index is 296. The van der Waals surface area contributed by atoms with Gasteiger partial charge in [-0.25, -0.2) is 0 Å². The van der Waals surface area contributed by atoms with Crippen molar-refractivity contribution in [2.75, 3.05) is 27.4 Å². The first-order valence-electron chi connectivity index (χ1n) is 7.06. The van der Waals surface area contributed by atoms with Gasteiger partial charge in [-0.3, -0.25) is 9.69 Å². The summed E-state index contributed by atoms with van der Waals surface area (Å²) in [5.41, 5.74) is 5.42. The van der Waals surface area contributed by atoms with Crippen LogP contribution in [0.15, 0.2) is 0 Å². The van der Waals surface area contributed by atoms with E-state index in [0.717, 1.165) is 19.4 Å². The van der Waals surface area contributed by atoms with Gasteiger partial charge in [-0.1, -0.05) is 0 Å². The largest absolute Gasteiger partial charge is 0.468 e. The zero-order valence-electron chi connectivity index (χ0n) is 12.6. The topological polar surface area (TPSA) is 64.8 Å². The highest BCUT2D eigenvalue weighted by molar-refractivity contribution is 5.80. The zero-order chi connectivity index (χ0) is 14.5. The van der Waals surface area contributed by atoms with Crippen molar-refractivity contribution < 1.29 is 14.3 Å². The van der Waals surface area contributed by atoms with Gasteiger partial charge in [0.25, 0.3) is 0 Å². The van der Waals surface area contributed by atoms with Crippen molar-refractivity contribution in [1.82, 2.24) is 4.90 Å². The van der Waals surface area contributed by atoms with Crippen LogP contribution >= 0.6 is 0 Å². The molecule has 0 aromatic heterocycles. The molecule has 1 aliphatic rings. The quantitative estimate of drug-likeness (QED) is 0.735. The lowest BCUT2D eigenvalue weighted by Crippen LogP contribution is -2.57. The van der Waals surface area contributed by atoms with Crippen LogP contribution < -0.4 is 5.73 Å². The highest BCUT2D eigenvalue weighted by atomic mass is 16.5. The Morgan fingerprint density at radius 1 is 1.47 bits per heavy atom. The van der Waals surface area contributed by atoms with E-state index in [1.165, 1.54) is 7.11 Å². The molecule has 5 nitrogen and oxygen atoms in total. The van der Waals surface area contributed by atoms with Gasteiger partial charge < -0.3 is 15.2 Å². The van der Waals surface area contributed by atoms with Crippen LogP contribution in [0.5, 0.6) is 0 Å². The maximum absolute atomic E-state index is 11.9. The van der Waals surface area contributed by atoms with Crippen molar-refractivity contribution in [3.63, 3.8) is 0 Å². The molecule has 0 radical (unpaired) electrons. The van der Waals surface area contributed by atoms with Crippen molar-refractivity contribution >= 4 is 5.97 Å². The van der Waals surface area contributed by atoms with Gasteiger partial charge in [0.1, 0.15) is 5.54 Å². The number of hydrogen-bond acceptors (Lipinski definition) is 5. The van der Waals surface area contributed by atoms with E-state index < -0.39 is 5.54 Å². The van der Waals surface area contributed by atoms with Crippen LogP contribution in [0.3, 0.4) is 0 Å². The second-order valence-electron chi connectivity index (χ2n) is 5.72. The highest BCUT2D eigenvalue weighted by Crippen LogP contribution is 2.31. The summed E-state index contributed by atoms with van der Waals surface area (Å²) >= 11 is 0. The maximum atomic E-state index is 11.9. The van der Waals surface area contributed by atoms with Gasteiger partial charge in [-0.05, 0) is 39.5 Å². The van der Waals surface area contributed by atoms with Crippen LogP contribution in [0.1, 0.15) is 39.5 Å². The molecule has 1 aliphatic carbocycles. The van der Waals surface area contributed by atoms with Crippen molar-refractivity contribution in [3.8, 4) is 0 Å². The number of nitrogens with zero attached hydrogens (tertiary/aromatic N) is 1. The number of nitrogens with two attached hydrogens (primary N) is 1. The fourth-order valence-electron chi connectivity index (χ4n) is 3.01. The summed E-state index contributed by atoms with van der Waals surface area (Å²) in [5.74, 6) is -0.285. The Morgan fingerprint density at radius 3 is 2.68 bits per heavy atom. The van der Waals surface area contributed by atoms with E-state index in [1.54, 1.807) is 7.11 Å². The van der Waals surface area contributed by atoms with E-state index in [1.807, 2.05) is 0 Å². The number of carbonyl (C=O) groups excluding carboxylic acids is 1. The fraction of sp³-hybridized carbons (Fsp3) is 0.929. The summed E-state index contributed by atoms with van der Waals surface area (Å²) in [6.45, 7) is 5.90. The second-order valence-corrected chi connectivity index (χ2v) is 5.72. The van der Waals surface area contributed by atoms with Crippen molar-refractivity contribution in [2.45, 2.75) is 57.2 Å². The summed E-state index contributed by atoms with van der Waals surface area (Å²) in [7, 11) is 3.12. The lowest BCUT2D eigenvalue weighted by molar-refractivity contribution is -0.149. The third-order valence-corrected chi connectivity index (χ3v) is 4.04. The molecule has 2 N–H and O–H groups in total. The van der Waals surface area contributed by atoms with Crippen LogP contribution in [0, 0.1) is 0 Å². The smallest absolute Gasteiger partial charge is 0.325 e.